The summed E-state index contributed by atoms with van der Waals surface area (Å²) < 4.78 is 16.2. The third kappa shape index (κ3) is 2.32. The predicted octanol–water partition coefficient (Wildman–Crippen LogP) is 1.93. The van der Waals surface area contributed by atoms with Crippen LogP contribution in [-0.4, -0.2) is 37.9 Å². The fraction of sp³-hybridized carbons (Fsp3) is 0.214. The Morgan fingerprint density at radius 1 is 1.17 bits per heavy atom. The van der Waals surface area contributed by atoms with E-state index in [1.807, 2.05) is 0 Å². The molecular formula is C14H13N3O4S2. The number of amidine groups is 1. The highest BCUT2D eigenvalue weighted by atomic mass is 32.1. The average molecular weight is 351 g/mol. The number of thiol groups is 1. The fourth-order valence-corrected chi connectivity index (χ4v) is 3.61. The molecule has 0 unspecified atom stereocenters. The molecule has 0 aliphatic carbocycles. The van der Waals surface area contributed by atoms with Gasteiger partial charge in [0.25, 0.3) is 0 Å². The van der Waals surface area contributed by atoms with E-state index < -0.39 is 0 Å². The zero-order chi connectivity index (χ0) is 16.7. The van der Waals surface area contributed by atoms with Crippen molar-refractivity contribution in [3.63, 3.8) is 0 Å². The number of nitrogens with zero attached hydrogens (tertiary/aromatic N) is 1. The molecule has 1 aliphatic heterocycles. The quantitative estimate of drug-likeness (QED) is 0.733. The summed E-state index contributed by atoms with van der Waals surface area (Å²) in [5.41, 5.74) is 1.49. The fourth-order valence-electron chi connectivity index (χ4n) is 2.46. The number of fused-ring (bicyclic) bond motifs is 1. The van der Waals surface area contributed by atoms with Gasteiger partial charge in [0.05, 0.1) is 48.1 Å². The predicted molar refractivity (Wildman–Crippen MR) is 90.8 cm³/mol. The topological polar surface area (TPSA) is 96.8 Å². The number of H-pyrrole nitrogens is 1. The van der Waals surface area contributed by atoms with Crippen molar-refractivity contribution in [1.82, 2.24) is 4.98 Å². The van der Waals surface area contributed by atoms with Crippen molar-refractivity contribution >= 4 is 35.5 Å². The summed E-state index contributed by atoms with van der Waals surface area (Å²) in [6.45, 7) is 0. The zero-order valence-electron chi connectivity index (χ0n) is 12.5. The minimum absolute atomic E-state index is 0.0291. The second-order valence-corrected chi connectivity index (χ2v) is 6.00. The summed E-state index contributed by atoms with van der Waals surface area (Å²) in [7, 11) is 4.52. The molecule has 0 radical (unpaired) electrons. The van der Waals surface area contributed by atoms with E-state index in [-0.39, 0.29) is 10.7 Å². The van der Waals surface area contributed by atoms with Gasteiger partial charge in [-0.05, 0) is 0 Å². The van der Waals surface area contributed by atoms with E-state index in [0.717, 1.165) is 11.3 Å². The van der Waals surface area contributed by atoms with Crippen molar-refractivity contribution < 1.29 is 14.2 Å². The van der Waals surface area contributed by atoms with E-state index >= 15 is 0 Å². The number of thiazole rings is 1. The number of benzene rings is 1. The van der Waals surface area contributed by atoms with Crippen LogP contribution in [0.3, 0.4) is 0 Å². The van der Waals surface area contributed by atoms with E-state index in [4.69, 9.17) is 19.6 Å². The molecule has 1 aromatic carbocycles. The summed E-state index contributed by atoms with van der Waals surface area (Å²) in [5.74, 6) is 1.36. The van der Waals surface area contributed by atoms with Gasteiger partial charge in [0, 0.05) is 6.07 Å². The largest absolute Gasteiger partial charge is 0.496 e. The molecule has 120 valence electrons. The maximum absolute atomic E-state index is 11.6. The number of rotatable bonds is 4. The van der Waals surface area contributed by atoms with Crippen molar-refractivity contribution in [3.05, 3.63) is 31.7 Å². The lowest BCUT2D eigenvalue weighted by atomic mass is 10.0. The van der Waals surface area contributed by atoms with Crippen LogP contribution in [0.25, 0.3) is 0 Å². The van der Waals surface area contributed by atoms with Gasteiger partial charge in [0.2, 0.25) is 0 Å². The van der Waals surface area contributed by atoms with Crippen LogP contribution >= 0.6 is 24.0 Å². The standard InChI is InChI=1S/C14H13N3O4S2/c1-19-5-4-6(20-2)10(21-3)8-7(5)12(15)16-9(8)11-13(22)17-14(18)23-11/h4,15,22H,1-3H3,(H,17,18). The molecule has 0 amide bonds. The Balaban J connectivity index is 2.36. The highest BCUT2D eigenvalue weighted by Crippen LogP contribution is 2.44. The zero-order valence-corrected chi connectivity index (χ0v) is 14.2. The lowest BCUT2D eigenvalue weighted by molar-refractivity contribution is 0.348. The van der Waals surface area contributed by atoms with E-state index in [1.54, 1.807) is 6.07 Å². The Labute approximate surface area is 140 Å². The van der Waals surface area contributed by atoms with Gasteiger partial charge in [0.15, 0.2) is 17.3 Å². The molecule has 2 N–H and O–H groups in total. The maximum Gasteiger partial charge on any atom is 0.305 e. The monoisotopic (exact) mass is 351 g/mol. The molecule has 0 fully saturated rings. The lowest BCUT2D eigenvalue weighted by Gasteiger charge is -2.15. The molecule has 1 aromatic heterocycles. The Kier molecular flexibility index (Phi) is 3.90. The van der Waals surface area contributed by atoms with Crippen LogP contribution in [0.5, 0.6) is 17.2 Å². The number of aromatic nitrogens is 1. The summed E-state index contributed by atoms with van der Waals surface area (Å²) in [4.78, 5) is 18.8. The van der Waals surface area contributed by atoms with E-state index in [1.165, 1.54) is 21.3 Å². The van der Waals surface area contributed by atoms with E-state index in [2.05, 4.69) is 22.6 Å². The van der Waals surface area contributed by atoms with Crippen LogP contribution in [0.15, 0.2) is 20.9 Å². The number of hydrogen-bond acceptors (Lipinski definition) is 7. The van der Waals surface area contributed by atoms with Crippen molar-refractivity contribution in [2.45, 2.75) is 5.03 Å². The molecule has 0 saturated carbocycles. The van der Waals surface area contributed by atoms with Crippen LogP contribution in [0.1, 0.15) is 16.0 Å². The number of hydrogen-bond donors (Lipinski definition) is 3. The Hall–Kier alpha value is -2.26. The van der Waals surface area contributed by atoms with Gasteiger partial charge in [-0.3, -0.25) is 10.2 Å². The van der Waals surface area contributed by atoms with Crippen molar-refractivity contribution in [2.75, 3.05) is 21.3 Å². The molecular weight excluding hydrogens is 338 g/mol. The van der Waals surface area contributed by atoms with E-state index in [0.29, 0.717) is 44.0 Å². The number of nitrogens with one attached hydrogen (secondary N) is 2. The molecule has 7 nitrogen and oxygen atoms in total. The minimum atomic E-state index is -0.249. The molecule has 1 aliphatic rings. The van der Waals surface area contributed by atoms with Crippen LogP contribution in [0.2, 0.25) is 0 Å². The third-order valence-corrected chi connectivity index (χ3v) is 4.77. The van der Waals surface area contributed by atoms with Gasteiger partial charge in [0.1, 0.15) is 5.75 Å². The molecule has 9 heteroatoms. The van der Waals surface area contributed by atoms with Gasteiger partial charge in [-0.15, -0.1) is 12.6 Å². The van der Waals surface area contributed by atoms with Gasteiger partial charge < -0.3 is 19.2 Å². The Bertz CT molecular complexity index is 898. The number of ether oxygens (including phenoxy) is 3. The molecule has 0 atom stereocenters. The molecule has 23 heavy (non-hydrogen) atoms. The summed E-state index contributed by atoms with van der Waals surface area (Å²) >= 11 is 5.25. The second-order valence-electron chi connectivity index (χ2n) is 4.57. The average Bonchev–Trinajstić information content (AvgIpc) is 3.05. The van der Waals surface area contributed by atoms with Crippen LogP contribution in [0, 0.1) is 5.41 Å². The first-order valence-electron chi connectivity index (χ1n) is 6.45. The van der Waals surface area contributed by atoms with Gasteiger partial charge >= 0.3 is 4.87 Å². The first kappa shape index (κ1) is 15.6. The molecule has 0 saturated heterocycles. The smallest absolute Gasteiger partial charge is 0.305 e. The number of methoxy groups -OCH3 is 3. The Morgan fingerprint density at radius 2 is 1.87 bits per heavy atom. The minimum Gasteiger partial charge on any atom is -0.496 e. The van der Waals surface area contributed by atoms with Crippen LogP contribution < -0.4 is 19.1 Å². The van der Waals surface area contributed by atoms with Crippen LogP contribution in [-0.2, 0) is 0 Å². The molecule has 3 rings (SSSR count). The number of aromatic amines is 1. The summed E-state index contributed by atoms with van der Waals surface area (Å²) in [6, 6.07) is 1.64. The molecule has 0 bridgehead atoms. The molecule has 2 aromatic rings. The first-order valence-corrected chi connectivity index (χ1v) is 7.71. The molecule has 0 spiro atoms. The highest BCUT2D eigenvalue weighted by molar-refractivity contribution is 7.80. The SMILES string of the molecule is COc1cc(OC)c2c(c1OC)C(c1sc(=O)[nH]c1S)=NC2=N. The van der Waals surface area contributed by atoms with Crippen LogP contribution in [0.4, 0.5) is 0 Å². The number of aliphatic imine (C=N–C) groups is 1. The van der Waals surface area contributed by atoms with Gasteiger partial charge in [-0.2, -0.15) is 0 Å². The molecule has 2 heterocycles. The van der Waals surface area contributed by atoms with E-state index in [9.17, 15) is 4.79 Å². The summed E-state index contributed by atoms with van der Waals surface area (Å²) in [5, 5.41) is 8.55. The third-order valence-electron chi connectivity index (χ3n) is 3.40. The van der Waals surface area contributed by atoms with Crippen molar-refractivity contribution in [1.29, 1.82) is 5.41 Å². The second kappa shape index (κ2) is 5.74. The van der Waals surface area contributed by atoms with Gasteiger partial charge in [-0.25, -0.2) is 4.99 Å². The van der Waals surface area contributed by atoms with Crippen molar-refractivity contribution in [3.8, 4) is 17.2 Å². The highest BCUT2D eigenvalue weighted by Gasteiger charge is 2.33. The van der Waals surface area contributed by atoms with Crippen molar-refractivity contribution in [2.24, 2.45) is 4.99 Å². The maximum atomic E-state index is 11.6. The van der Waals surface area contributed by atoms with Gasteiger partial charge in [-0.1, -0.05) is 11.3 Å². The normalized spacial score (nSPS) is 12.9. The first-order chi connectivity index (χ1) is 11.0. The Morgan fingerprint density at radius 3 is 2.39 bits per heavy atom. The summed E-state index contributed by atoms with van der Waals surface area (Å²) in [6.07, 6.45) is 0. The lowest BCUT2D eigenvalue weighted by Crippen LogP contribution is -2.06.